The summed E-state index contributed by atoms with van der Waals surface area (Å²) in [5, 5.41) is 22.2. The topological polar surface area (TPSA) is 144 Å². The molecule has 1 aliphatic rings. The first-order valence-electron chi connectivity index (χ1n) is 9.01. The Morgan fingerprint density at radius 3 is 2.16 bits per heavy atom. The Labute approximate surface area is 176 Å². The minimum Gasteiger partial charge on any atom is -0.336 e. The SMILES string of the molecule is Cc1c(F)cc(C(=O)N2CCN(S(=O)(=O)c3ccccc3[N+](=O)[O-])CC2)cc1[N+](=O)[O-]. The molecule has 13 heteroatoms. The van der Waals surface area contributed by atoms with E-state index in [4.69, 9.17) is 0 Å². The number of carbonyl (C=O) groups is 1. The Morgan fingerprint density at radius 1 is 1.00 bits per heavy atom. The van der Waals surface area contributed by atoms with Crippen molar-refractivity contribution >= 4 is 27.3 Å². The molecule has 1 saturated heterocycles. The van der Waals surface area contributed by atoms with E-state index < -0.39 is 47.9 Å². The molecule has 31 heavy (non-hydrogen) atoms. The van der Waals surface area contributed by atoms with E-state index in [1.165, 1.54) is 24.0 Å². The van der Waals surface area contributed by atoms with Crippen LogP contribution in [0, 0.1) is 33.0 Å². The molecule has 11 nitrogen and oxygen atoms in total. The third-order valence-electron chi connectivity index (χ3n) is 4.97. The third kappa shape index (κ3) is 4.22. The minimum absolute atomic E-state index is 0.0675. The number of nitro benzene ring substituents is 2. The highest BCUT2D eigenvalue weighted by Crippen LogP contribution is 2.28. The van der Waals surface area contributed by atoms with Crippen LogP contribution >= 0.6 is 0 Å². The molecule has 0 atom stereocenters. The van der Waals surface area contributed by atoms with E-state index in [2.05, 4.69) is 0 Å². The maximum atomic E-state index is 14.0. The summed E-state index contributed by atoms with van der Waals surface area (Å²) in [5.74, 6) is -1.57. The molecule has 0 spiro atoms. The zero-order valence-corrected chi connectivity index (χ0v) is 17.0. The van der Waals surface area contributed by atoms with Crippen LogP contribution in [0.4, 0.5) is 15.8 Å². The van der Waals surface area contributed by atoms with Crippen molar-refractivity contribution in [1.29, 1.82) is 0 Å². The monoisotopic (exact) mass is 452 g/mol. The van der Waals surface area contributed by atoms with Gasteiger partial charge in [0.05, 0.1) is 15.4 Å². The number of para-hydroxylation sites is 1. The largest absolute Gasteiger partial charge is 0.336 e. The van der Waals surface area contributed by atoms with Crippen molar-refractivity contribution in [2.24, 2.45) is 0 Å². The predicted octanol–water partition coefficient (Wildman–Crippen LogP) is 2.10. The molecule has 0 aromatic heterocycles. The summed E-state index contributed by atoms with van der Waals surface area (Å²) < 4.78 is 40.8. The molecule has 2 aromatic carbocycles. The molecule has 3 rings (SSSR count). The van der Waals surface area contributed by atoms with Crippen LogP contribution in [0.2, 0.25) is 0 Å². The van der Waals surface area contributed by atoms with Gasteiger partial charge in [-0.15, -0.1) is 0 Å². The van der Waals surface area contributed by atoms with Gasteiger partial charge in [-0.25, -0.2) is 12.8 Å². The number of benzene rings is 2. The van der Waals surface area contributed by atoms with Crippen LogP contribution in [-0.2, 0) is 10.0 Å². The van der Waals surface area contributed by atoms with Crippen LogP contribution in [0.25, 0.3) is 0 Å². The minimum atomic E-state index is -4.18. The molecule has 1 heterocycles. The van der Waals surface area contributed by atoms with Crippen molar-refractivity contribution in [3.05, 3.63) is 73.6 Å². The Morgan fingerprint density at radius 2 is 1.58 bits per heavy atom. The zero-order valence-electron chi connectivity index (χ0n) is 16.2. The van der Waals surface area contributed by atoms with Crippen LogP contribution in [-0.4, -0.2) is 59.6 Å². The van der Waals surface area contributed by atoms with E-state index in [-0.39, 0.29) is 37.3 Å². The number of hydrogen-bond acceptors (Lipinski definition) is 7. The van der Waals surface area contributed by atoms with Gasteiger partial charge in [-0.05, 0) is 19.1 Å². The molecule has 164 valence electrons. The fourth-order valence-corrected chi connectivity index (χ4v) is 4.84. The molecule has 0 bridgehead atoms. The van der Waals surface area contributed by atoms with Crippen molar-refractivity contribution in [1.82, 2.24) is 9.21 Å². The molecule has 0 radical (unpaired) electrons. The maximum Gasteiger partial charge on any atom is 0.289 e. The van der Waals surface area contributed by atoms with Crippen molar-refractivity contribution < 1.29 is 27.4 Å². The first-order chi connectivity index (χ1) is 14.5. The third-order valence-corrected chi connectivity index (χ3v) is 6.91. The molecular formula is C18H17FN4O7S. The molecule has 2 aromatic rings. The van der Waals surface area contributed by atoms with E-state index in [1.54, 1.807) is 0 Å². The van der Waals surface area contributed by atoms with Gasteiger partial charge in [0, 0.05) is 43.9 Å². The van der Waals surface area contributed by atoms with Gasteiger partial charge in [0.25, 0.3) is 17.3 Å². The lowest BCUT2D eigenvalue weighted by molar-refractivity contribution is -0.387. The average molecular weight is 452 g/mol. The van der Waals surface area contributed by atoms with Crippen molar-refractivity contribution in [2.75, 3.05) is 26.2 Å². The van der Waals surface area contributed by atoms with E-state index in [0.717, 1.165) is 28.6 Å². The van der Waals surface area contributed by atoms with E-state index >= 15 is 0 Å². The first kappa shape index (κ1) is 22.2. The number of hydrogen-bond donors (Lipinski definition) is 0. The van der Waals surface area contributed by atoms with Gasteiger partial charge in [-0.1, -0.05) is 12.1 Å². The van der Waals surface area contributed by atoms with Crippen molar-refractivity contribution in [3.63, 3.8) is 0 Å². The highest BCUT2D eigenvalue weighted by atomic mass is 32.2. The first-order valence-corrected chi connectivity index (χ1v) is 10.5. The standard InChI is InChI=1S/C18H17FN4O7S/c1-12-14(19)10-13(11-16(12)23(27)28)18(24)20-6-8-21(9-7-20)31(29,30)17-5-3-2-4-15(17)22(25)26/h2-5,10-11H,6-9H2,1H3. The van der Waals surface area contributed by atoms with Gasteiger partial charge in [0.1, 0.15) is 5.82 Å². The number of carbonyl (C=O) groups excluding carboxylic acids is 1. The normalized spacial score (nSPS) is 15.0. The molecule has 1 amide bonds. The van der Waals surface area contributed by atoms with Crippen LogP contribution < -0.4 is 0 Å². The number of rotatable bonds is 5. The summed E-state index contributed by atoms with van der Waals surface area (Å²) in [6.45, 7) is 0.811. The van der Waals surface area contributed by atoms with Gasteiger partial charge >= 0.3 is 0 Å². The van der Waals surface area contributed by atoms with E-state index in [9.17, 15) is 37.8 Å². The highest BCUT2D eigenvalue weighted by Gasteiger charge is 2.35. The summed E-state index contributed by atoms with van der Waals surface area (Å²) in [6.07, 6.45) is 0. The van der Waals surface area contributed by atoms with Gasteiger partial charge in [-0.2, -0.15) is 4.31 Å². The van der Waals surface area contributed by atoms with Crippen molar-refractivity contribution in [3.8, 4) is 0 Å². The highest BCUT2D eigenvalue weighted by molar-refractivity contribution is 7.89. The number of piperazine rings is 1. The van der Waals surface area contributed by atoms with Crippen LogP contribution in [0.15, 0.2) is 41.3 Å². The molecular weight excluding hydrogens is 435 g/mol. The number of amides is 1. The Hall–Kier alpha value is -3.45. The number of sulfonamides is 1. The lowest BCUT2D eigenvalue weighted by Crippen LogP contribution is -2.50. The molecule has 1 fully saturated rings. The van der Waals surface area contributed by atoms with Crippen molar-refractivity contribution in [2.45, 2.75) is 11.8 Å². The molecule has 0 aliphatic carbocycles. The van der Waals surface area contributed by atoms with Gasteiger partial charge in [-0.3, -0.25) is 25.0 Å². The predicted molar refractivity (Wildman–Crippen MR) is 106 cm³/mol. The maximum absolute atomic E-state index is 14.0. The quantitative estimate of drug-likeness (QED) is 0.499. The molecule has 0 unspecified atom stereocenters. The smallest absolute Gasteiger partial charge is 0.289 e. The fraction of sp³-hybridized carbons (Fsp3) is 0.278. The Kier molecular flexibility index (Phi) is 5.99. The van der Waals surface area contributed by atoms with E-state index in [1.807, 2.05) is 0 Å². The summed E-state index contributed by atoms with van der Waals surface area (Å²) in [6, 6.07) is 6.84. The zero-order chi connectivity index (χ0) is 22.9. The average Bonchev–Trinajstić information content (AvgIpc) is 2.74. The number of nitrogens with zero attached hydrogens (tertiary/aromatic N) is 4. The molecule has 1 aliphatic heterocycles. The fourth-order valence-electron chi connectivity index (χ4n) is 3.26. The summed E-state index contributed by atoms with van der Waals surface area (Å²) >= 11 is 0. The van der Waals surface area contributed by atoms with Crippen LogP contribution in [0.3, 0.4) is 0 Å². The Balaban J connectivity index is 1.79. The van der Waals surface area contributed by atoms with Crippen LogP contribution in [0.1, 0.15) is 15.9 Å². The van der Waals surface area contributed by atoms with E-state index in [0.29, 0.717) is 0 Å². The summed E-state index contributed by atoms with van der Waals surface area (Å²) in [4.78, 5) is 34.2. The van der Waals surface area contributed by atoms with Gasteiger partial charge in [0.15, 0.2) is 4.90 Å². The lowest BCUT2D eigenvalue weighted by atomic mass is 10.1. The van der Waals surface area contributed by atoms with Gasteiger partial charge < -0.3 is 4.90 Å². The number of halogens is 1. The second-order valence-electron chi connectivity index (χ2n) is 6.78. The summed E-state index contributed by atoms with van der Waals surface area (Å²) in [7, 11) is -4.18. The Bertz CT molecular complexity index is 1180. The second-order valence-corrected chi connectivity index (χ2v) is 8.69. The van der Waals surface area contributed by atoms with Gasteiger partial charge in [0.2, 0.25) is 10.0 Å². The number of nitro groups is 2. The summed E-state index contributed by atoms with van der Waals surface area (Å²) in [5.41, 5.74) is -1.49. The second kappa shape index (κ2) is 8.35. The molecule has 0 N–H and O–H groups in total. The molecule has 0 saturated carbocycles. The van der Waals surface area contributed by atoms with Crippen LogP contribution in [0.5, 0.6) is 0 Å². The lowest BCUT2D eigenvalue weighted by Gasteiger charge is -2.34.